The number of carboxylic acid groups (broad SMARTS) is 2. The van der Waals surface area contributed by atoms with Crippen molar-refractivity contribution in [3.8, 4) is 0 Å². The van der Waals surface area contributed by atoms with E-state index in [0.29, 0.717) is 23.7 Å². The molecule has 0 aliphatic heterocycles. The molecule has 6 rings (SSSR count). The Hall–Kier alpha value is -1.18. The Labute approximate surface area is 293 Å². The minimum absolute atomic E-state index is 0. The van der Waals surface area contributed by atoms with Gasteiger partial charge in [0.25, 0.3) is 0 Å². The van der Waals surface area contributed by atoms with Gasteiger partial charge in [0, 0.05) is 22.8 Å². The van der Waals surface area contributed by atoms with Crippen molar-refractivity contribution in [3.63, 3.8) is 0 Å². The second kappa shape index (κ2) is 13.4. The summed E-state index contributed by atoms with van der Waals surface area (Å²) >= 11 is 0. The maximum Gasteiger partial charge on any atom is 2.00 e. The van der Waals surface area contributed by atoms with Crippen molar-refractivity contribution in [2.24, 2.45) is 57.2 Å². The summed E-state index contributed by atoms with van der Waals surface area (Å²) in [5.41, 5.74) is 5.01. The maximum absolute atomic E-state index is 11.8. The minimum atomic E-state index is -0.838. The second-order valence-corrected chi connectivity index (χ2v) is 17.0. The number of carbonyl (C=O) groups is 2. The molecule has 8 atom stereocenters. The molecule has 0 aromatic rings. The van der Waals surface area contributed by atoms with Crippen LogP contribution in [0, 0.1) is 57.2 Å². The Kier molecular flexibility index (Phi) is 10.9. The van der Waals surface area contributed by atoms with E-state index < -0.39 is 22.8 Å². The first kappa shape index (κ1) is 36.7. The molecule has 6 aliphatic rings. The molecule has 0 aromatic carbocycles. The van der Waals surface area contributed by atoms with Gasteiger partial charge in [-0.1, -0.05) is 104 Å². The van der Waals surface area contributed by atoms with Crippen LogP contribution in [0.25, 0.3) is 0 Å². The average Bonchev–Trinajstić information content (AvgIpc) is 2.96. The average molecular weight is 810 g/mol. The SMILES string of the molecule is CC(C)C1=CC2=CCC3[C@](C)(CCC[C@]3(C)C(=O)[O-])[C@H]2CC1.CC(C)C1=CC2=CCC3[C@](C)(CCC[C@]3(C)C(=O)[O-])[C@H]2CC1.[Pb+2]. The molecule has 0 N–H and O–H groups in total. The van der Waals surface area contributed by atoms with E-state index in [9.17, 15) is 19.8 Å². The van der Waals surface area contributed by atoms with Gasteiger partial charge in [0.05, 0.1) is 0 Å². The predicted molar refractivity (Wildman–Crippen MR) is 180 cm³/mol. The molecule has 0 spiro atoms. The van der Waals surface area contributed by atoms with Crippen molar-refractivity contribution >= 4 is 39.2 Å². The number of hydrogen-bond donors (Lipinski definition) is 0. The van der Waals surface area contributed by atoms with Crippen molar-refractivity contribution < 1.29 is 19.8 Å². The van der Waals surface area contributed by atoms with E-state index >= 15 is 0 Å². The van der Waals surface area contributed by atoms with Gasteiger partial charge in [-0.25, -0.2) is 0 Å². The van der Waals surface area contributed by atoms with Crippen molar-refractivity contribution in [1.29, 1.82) is 0 Å². The molecule has 2 fully saturated rings. The van der Waals surface area contributed by atoms with Gasteiger partial charge in [0.2, 0.25) is 0 Å². The standard InChI is InChI=1S/2C20H30O2.Pb/c2*1-13(2)14-6-8-16-15(12-14)7-9-17-19(16,3)10-5-11-20(17,4)18(21)22;/h2*7,12-13,16-17H,5-6,8-11H2,1-4H3,(H,21,22);/q;;+2/p-2/t2*16-,17?,19+,20-;/m00./s1. The van der Waals surface area contributed by atoms with E-state index in [0.717, 1.165) is 51.4 Å². The molecular formula is C40H58O4Pb. The topological polar surface area (TPSA) is 80.3 Å². The number of carboxylic acids is 2. The molecule has 0 heterocycles. The molecule has 5 heteroatoms. The van der Waals surface area contributed by atoms with Crippen LogP contribution < -0.4 is 10.2 Å². The molecule has 0 bridgehead atoms. The number of fused-ring (bicyclic) bond motifs is 6. The number of carbonyl (C=O) groups excluding carboxylic acids is 2. The van der Waals surface area contributed by atoms with Crippen molar-refractivity contribution in [2.45, 2.75) is 132 Å². The van der Waals surface area contributed by atoms with Gasteiger partial charge in [-0.15, -0.1) is 0 Å². The zero-order chi connectivity index (χ0) is 32.2. The molecule has 45 heavy (non-hydrogen) atoms. The van der Waals surface area contributed by atoms with E-state index in [-0.39, 0.29) is 50.0 Å². The van der Waals surface area contributed by atoms with Crippen LogP contribution in [0.1, 0.15) is 132 Å². The summed E-state index contributed by atoms with van der Waals surface area (Å²) < 4.78 is 0. The first-order valence-corrected chi connectivity index (χ1v) is 17.8. The van der Waals surface area contributed by atoms with Gasteiger partial charge in [-0.3, -0.25) is 0 Å². The molecule has 2 unspecified atom stereocenters. The number of allylic oxidation sites excluding steroid dienone is 8. The summed E-state index contributed by atoms with van der Waals surface area (Å²) in [6.07, 6.45) is 21.9. The van der Waals surface area contributed by atoms with Crippen LogP contribution in [-0.4, -0.2) is 39.2 Å². The Bertz CT molecular complexity index is 1190. The van der Waals surface area contributed by atoms with Crippen LogP contribution in [0.2, 0.25) is 0 Å². The van der Waals surface area contributed by atoms with Crippen molar-refractivity contribution in [1.82, 2.24) is 0 Å². The summed E-state index contributed by atoms with van der Waals surface area (Å²) in [5, 5.41) is 23.7. The molecular weight excluding hydrogens is 752 g/mol. The molecule has 0 aromatic heterocycles. The van der Waals surface area contributed by atoms with E-state index in [1.165, 1.54) is 36.8 Å². The van der Waals surface area contributed by atoms with E-state index in [1.54, 1.807) is 11.1 Å². The first-order valence-electron chi connectivity index (χ1n) is 17.8. The van der Waals surface area contributed by atoms with Crippen LogP contribution in [0.4, 0.5) is 0 Å². The summed E-state index contributed by atoms with van der Waals surface area (Å²) in [4.78, 5) is 23.7. The van der Waals surface area contributed by atoms with Crippen molar-refractivity contribution in [2.75, 3.05) is 0 Å². The molecule has 246 valence electrons. The monoisotopic (exact) mass is 810 g/mol. The summed E-state index contributed by atoms with van der Waals surface area (Å²) in [7, 11) is 0. The Balaban J connectivity index is 0.000000200. The molecule has 0 saturated heterocycles. The van der Waals surface area contributed by atoms with Crippen LogP contribution in [0.15, 0.2) is 46.6 Å². The number of hydrogen-bond acceptors (Lipinski definition) is 4. The predicted octanol–water partition coefficient (Wildman–Crippen LogP) is 7.36. The Morgan fingerprint density at radius 3 is 1.33 bits per heavy atom. The van der Waals surface area contributed by atoms with Crippen LogP contribution in [0.5, 0.6) is 0 Å². The fourth-order valence-corrected chi connectivity index (χ4v) is 11.2. The van der Waals surface area contributed by atoms with Crippen molar-refractivity contribution in [3.05, 3.63) is 46.6 Å². The summed E-state index contributed by atoms with van der Waals surface area (Å²) in [5.74, 6) is 1.08. The number of rotatable bonds is 4. The third kappa shape index (κ3) is 6.25. The largest absolute Gasteiger partial charge is 2.00 e. The van der Waals surface area contributed by atoms with Crippen LogP contribution >= 0.6 is 0 Å². The van der Waals surface area contributed by atoms with Gasteiger partial charge in [-0.2, -0.15) is 0 Å². The normalized spacial score (nSPS) is 40.4. The molecule has 2 saturated carbocycles. The molecule has 2 radical (unpaired) electrons. The maximum atomic E-state index is 11.8. The number of aliphatic carboxylic acids is 2. The summed E-state index contributed by atoms with van der Waals surface area (Å²) in [6.45, 7) is 17.7. The van der Waals surface area contributed by atoms with Gasteiger partial charge < -0.3 is 19.8 Å². The Morgan fingerprint density at radius 1 is 0.667 bits per heavy atom. The fourth-order valence-electron chi connectivity index (χ4n) is 11.2. The van der Waals surface area contributed by atoms with E-state index in [1.807, 2.05) is 13.8 Å². The zero-order valence-corrected chi connectivity index (χ0v) is 33.3. The first-order chi connectivity index (χ1) is 20.6. The third-order valence-electron chi connectivity index (χ3n) is 14.1. The van der Waals surface area contributed by atoms with Gasteiger partial charge in [0.1, 0.15) is 0 Å². The zero-order valence-electron chi connectivity index (χ0n) is 29.4. The van der Waals surface area contributed by atoms with Crippen LogP contribution in [0.3, 0.4) is 0 Å². The minimum Gasteiger partial charge on any atom is -0.550 e. The van der Waals surface area contributed by atoms with Gasteiger partial charge in [-0.05, 0) is 122 Å². The van der Waals surface area contributed by atoms with E-state index in [2.05, 4.69) is 65.8 Å². The fraction of sp³-hybridized carbons (Fsp3) is 0.750. The molecule has 0 amide bonds. The molecule has 4 nitrogen and oxygen atoms in total. The van der Waals surface area contributed by atoms with E-state index in [4.69, 9.17) is 0 Å². The van der Waals surface area contributed by atoms with Gasteiger partial charge in [0.15, 0.2) is 0 Å². The Morgan fingerprint density at radius 2 is 1.02 bits per heavy atom. The second-order valence-electron chi connectivity index (χ2n) is 17.0. The smallest absolute Gasteiger partial charge is 0.550 e. The third-order valence-corrected chi connectivity index (χ3v) is 14.1. The molecule has 6 aliphatic carbocycles. The van der Waals surface area contributed by atoms with Gasteiger partial charge >= 0.3 is 27.3 Å². The summed E-state index contributed by atoms with van der Waals surface area (Å²) in [6, 6.07) is 0. The van der Waals surface area contributed by atoms with Crippen LogP contribution in [-0.2, 0) is 9.59 Å². The quantitative estimate of drug-likeness (QED) is 0.278.